The molecular formula is C11H18N2O5S. The number of carbonyl (C=O) groups excluding carboxylic acids is 1. The predicted molar refractivity (Wildman–Crippen MR) is 71.9 cm³/mol. The molecule has 0 heterocycles. The van der Waals surface area contributed by atoms with E-state index in [2.05, 4.69) is 0 Å². The van der Waals surface area contributed by atoms with Crippen molar-refractivity contribution in [2.24, 2.45) is 11.5 Å². The van der Waals surface area contributed by atoms with Gasteiger partial charge in [0.2, 0.25) is 0 Å². The largest absolute Gasteiger partial charge is 0.481 e. The van der Waals surface area contributed by atoms with Crippen LogP contribution < -0.4 is 11.5 Å². The summed E-state index contributed by atoms with van der Waals surface area (Å²) in [6, 6.07) is -1.74. The number of ketones is 1. The van der Waals surface area contributed by atoms with E-state index in [9.17, 15) is 14.4 Å². The third kappa shape index (κ3) is 9.23. The number of nitrogens with two attached hydrogens (primary N) is 2. The zero-order valence-electron chi connectivity index (χ0n) is 10.3. The summed E-state index contributed by atoms with van der Waals surface area (Å²) < 4.78 is 0. The first kappa shape index (κ1) is 17.6. The Hall–Kier alpha value is -1.38. The Morgan fingerprint density at radius 1 is 1.16 bits per heavy atom. The molecule has 19 heavy (non-hydrogen) atoms. The van der Waals surface area contributed by atoms with Crippen LogP contribution in [0.15, 0.2) is 12.2 Å². The van der Waals surface area contributed by atoms with E-state index in [-0.39, 0.29) is 24.4 Å². The molecule has 0 spiro atoms. The number of aliphatic carboxylic acids is 2. The molecule has 7 nitrogen and oxygen atoms in total. The normalized spacial score (nSPS) is 14.2. The van der Waals surface area contributed by atoms with Crippen molar-refractivity contribution in [1.82, 2.24) is 0 Å². The fourth-order valence-electron chi connectivity index (χ4n) is 1.04. The molecule has 0 fully saturated rings. The molecule has 0 bridgehead atoms. The lowest BCUT2D eigenvalue weighted by molar-refractivity contribution is -0.138. The van der Waals surface area contributed by atoms with Crippen molar-refractivity contribution in [1.29, 1.82) is 0 Å². The SMILES string of the molecule is N[C@@H](CSCC=CC(=O)[C@@H](N)CCC(=O)O)C(=O)O. The highest BCUT2D eigenvalue weighted by molar-refractivity contribution is 7.99. The first-order valence-electron chi connectivity index (χ1n) is 5.58. The first-order chi connectivity index (χ1) is 8.84. The standard InChI is InChI=1S/C11H18N2O5S/c12-7(3-4-10(15)16)9(14)2-1-5-19-6-8(13)11(17)18/h1-2,7-8H,3-6,12-13H2,(H,15,16)(H,17,18)/t7-,8-/m0/s1. The van der Waals surface area contributed by atoms with Gasteiger partial charge >= 0.3 is 11.9 Å². The summed E-state index contributed by atoms with van der Waals surface area (Å²) in [5.74, 6) is -1.71. The van der Waals surface area contributed by atoms with Gasteiger partial charge in [0.25, 0.3) is 0 Å². The van der Waals surface area contributed by atoms with Crippen molar-refractivity contribution in [2.45, 2.75) is 24.9 Å². The second kappa shape index (κ2) is 9.54. The van der Waals surface area contributed by atoms with Gasteiger partial charge in [0.1, 0.15) is 6.04 Å². The molecule has 0 aromatic carbocycles. The van der Waals surface area contributed by atoms with Crippen LogP contribution in [0.4, 0.5) is 0 Å². The van der Waals surface area contributed by atoms with E-state index in [4.69, 9.17) is 21.7 Å². The molecule has 0 saturated heterocycles. The summed E-state index contributed by atoms with van der Waals surface area (Å²) in [4.78, 5) is 32.1. The lowest BCUT2D eigenvalue weighted by atomic mass is 10.1. The quantitative estimate of drug-likeness (QED) is 0.310. The van der Waals surface area contributed by atoms with Crippen molar-refractivity contribution >= 4 is 29.5 Å². The Bertz CT molecular complexity index is 359. The molecule has 0 saturated carbocycles. The maximum absolute atomic E-state index is 11.4. The molecule has 0 rings (SSSR count). The summed E-state index contributed by atoms with van der Waals surface area (Å²) in [6.45, 7) is 0. The van der Waals surface area contributed by atoms with Gasteiger partial charge in [-0.1, -0.05) is 6.08 Å². The molecule has 2 atom stereocenters. The lowest BCUT2D eigenvalue weighted by Crippen LogP contribution is -2.32. The van der Waals surface area contributed by atoms with Crippen LogP contribution in [0.2, 0.25) is 0 Å². The van der Waals surface area contributed by atoms with Crippen LogP contribution in [0.25, 0.3) is 0 Å². The Balaban J connectivity index is 3.84. The van der Waals surface area contributed by atoms with E-state index in [1.807, 2.05) is 0 Å². The molecule has 108 valence electrons. The molecule has 0 amide bonds. The average molecular weight is 290 g/mol. The third-order valence-corrected chi connectivity index (χ3v) is 3.17. The summed E-state index contributed by atoms with van der Waals surface area (Å²) in [5, 5.41) is 17.0. The number of rotatable bonds is 10. The Kier molecular flexibility index (Phi) is 8.84. The highest BCUT2D eigenvalue weighted by Crippen LogP contribution is 2.03. The molecule has 0 radical (unpaired) electrons. The molecular weight excluding hydrogens is 272 g/mol. The van der Waals surface area contributed by atoms with Gasteiger partial charge in [-0.25, -0.2) is 0 Å². The Morgan fingerprint density at radius 3 is 2.32 bits per heavy atom. The Labute approximate surface area is 115 Å². The van der Waals surface area contributed by atoms with E-state index in [0.717, 1.165) is 0 Å². The molecule has 6 N–H and O–H groups in total. The molecule has 0 aromatic heterocycles. The maximum atomic E-state index is 11.4. The highest BCUT2D eigenvalue weighted by atomic mass is 32.2. The number of carboxylic acids is 2. The molecule has 0 unspecified atom stereocenters. The topological polar surface area (TPSA) is 144 Å². The maximum Gasteiger partial charge on any atom is 0.321 e. The monoisotopic (exact) mass is 290 g/mol. The fraction of sp³-hybridized carbons (Fsp3) is 0.545. The minimum atomic E-state index is -1.07. The third-order valence-electron chi connectivity index (χ3n) is 2.15. The van der Waals surface area contributed by atoms with Crippen LogP contribution in [0.5, 0.6) is 0 Å². The molecule has 0 aliphatic rings. The minimum absolute atomic E-state index is 0.0928. The van der Waals surface area contributed by atoms with E-state index < -0.39 is 24.0 Å². The van der Waals surface area contributed by atoms with E-state index in [1.54, 1.807) is 6.08 Å². The number of carbonyl (C=O) groups is 3. The van der Waals surface area contributed by atoms with Crippen LogP contribution in [0, 0.1) is 0 Å². The predicted octanol–water partition coefficient (Wildman–Crippen LogP) is -0.551. The Morgan fingerprint density at radius 2 is 1.79 bits per heavy atom. The van der Waals surface area contributed by atoms with Crippen molar-refractivity contribution in [3.63, 3.8) is 0 Å². The summed E-state index contributed by atoms with van der Waals surface area (Å²) in [5.41, 5.74) is 10.8. The van der Waals surface area contributed by atoms with Gasteiger partial charge in [-0.05, 0) is 12.5 Å². The highest BCUT2D eigenvalue weighted by Gasteiger charge is 2.12. The van der Waals surface area contributed by atoms with Crippen molar-refractivity contribution in [3.8, 4) is 0 Å². The molecule has 8 heteroatoms. The number of hydrogen-bond acceptors (Lipinski definition) is 6. The van der Waals surface area contributed by atoms with Gasteiger partial charge < -0.3 is 21.7 Å². The van der Waals surface area contributed by atoms with Gasteiger partial charge in [-0.15, -0.1) is 0 Å². The van der Waals surface area contributed by atoms with Crippen molar-refractivity contribution < 1.29 is 24.6 Å². The van der Waals surface area contributed by atoms with E-state index in [0.29, 0.717) is 5.75 Å². The van der Waals surface area contributed by atoms with Crippen molar-refractivity contribution in [3.05, 3.63) is 12.2 Å². The zero-order valence-corrected chi connectivity index (χ0v) is 11.1. The summed E-state index contributed by atoms with van der Waals surface area (Å²) >= 11 is 1.28. The van der Waals surface area contributed by atoms with Gasteiger partial charge in [-0.2, -0.15) is 11.8 Å². The summed E-state index contributed by atoms with van der Waals surface area (Å²) in [6.07, 6.45) is 2.78. The molecule has 0 aliphatic carbocycles. The second-order valence-electron chi connectivity index (χ2n) is 3.83. The number of carboxylic acid groups (broad SMARTS) is 2. The van der Waals surface area contributed by atoms with Crippen molar-refractivity contribution in [2.75, 3.05) is 11.5 Å². The fourth-order valence-corrected chi connectivity index (χ4v) is 1.81. The molecule has 0 aromatic rings. The average Bonchev–Trinajstić information content (AvgIpc) is 2.34. The lowest BCUT2D eigenvalue weighted by Gasteiger charge is -2.05. The zero-order chi connectivity index (χ0) is 14.8. The number of hydrogen-bond donors (Lipinski definition) is 4. The van der Waals surface area contributed by atoms with Gasteiger partial charge in [-0.3, -0.25) is 14.4 Å². The van der Waals surface area contributed by atoms with E-state index in [1.165, 1.54) is 17.8 Å². The second-order valence-corrected chi connectivity index (χ2v) is 4.90. The number of thioether (sulfide) groups is 1. The van der Waals surface area contributed by atoms with Crippen LogP contribution in [0.1, 0.15) is 12.8 Å². The summed E-state index contributed by atoms with van der Waals surface area (Å²) in [7, 11) is 0. The van der Waals surface area contributed by atoms with Gasteiger partial charge in [0.15, 0.2) is 5.78 Å². The smallest absolute Gasteiger partial charge is 0.321 e. The molecule has 0 aliphatic heterocycles. The van der Waals surface area contributed by atoms with Crippen LogP contribution >= 0.6 is 11.8 Å². The minimum Gasteiger partial charge on any atom is -0.481 e. The van der Waals surface area contributed by atoms with Crippen LogP contribution in [-0.2, 0) is 14.4 Å². The van der Waals surface area contributed by atoms with Gasteiger partial charge in [0, 0.05) is 17.9 Å². The van der Waals surface area contributed by atoms with Gasteiger partial charge in [0.05, 0.1) is 6.04 Å². The van der Waals surface area contributed by atoms with Crippen LogP contribution in [-0.4, -0.2) is 51.5 Å². The van der Waals surface area contributed by atoms with Crippen LogP contribution in [0.3, 0.4) is 0 Å². The first-order valence-corrected chi connectivity index (χ1v) is 6.74. The van der Waals surface area contributed by atoms with E-state index >= 15 is 0 Å².